The van der Waals surface area contributed by atoms with Gasteiger partial charge in [0, 0.05) is 11.7 Å². The van der Waals surface area contributed by atoms with Gasteiger partial charge in [0.25, 0.3) is 6.01 Å². The Hall–Kier alpha value is -2.30. The van der Waals surface area contributed by atoms with Gasteiger partial charge < -0.3 is 9.73 Å². The van der Waals surface area contributed by atoms with Crippen LogP contribution in [-0.2, 0) is 6.54 Å². The molecule has 5 nitrogen and oxygen atoms in total. The molecule has 3 aromatic rings. The maximum absolute atomic E-state index is 5.66. The molecule has 2 heterocycles. The summed E-state index contributed by atoms with van der Waals surface area (Å²) >= 11 is 0. The molecule has 0 aliphatic rings. The average Bonchev–Trinajstić information content (AvgIpc) is 2.92. The molecule has 104 valence electrons. The van der Waals surface area contributed by atoms with Crippen molar-refractivity contribution in [2.75, 3.05) is 5.32 Å². The highest BCUT2D eigenvalue weighted by Crippen LogP contribution is 2.18. The molecule has 2 aromatic heterocycles. The van der Waals surface area contributed by atoms with Crippen molar-refractivity contribution < 1.29 is 4.42 Å². The van der Waals surface area contributed by atoms with E-state index in [1.807, 2.05) is 35.9 Å². The van der Waals surface area contributed by atoms with Crippen LogP contribution < -0.4 is 5.32 Å². The zero-order valence-electron chi connectivity index (χ0n) is 11.9. The Morgan fingerprint density at radius 2 is 2.10 bits per heavy atom. The molecule has 0 amide bonds. The quantitative estimate of drug-likeness (QED) is 0.791. The fourth-order valence-electron chi connectivity index (χ4n) is 2.31. The number of hydrogen-bond acceptors (Lipinski definition) is 4. The zero-order valence-corrected chi connectivity index (χ0v) is 11.9. The van der Waals surface area contributed by atoms with Gasteiger partial charge in [0.1, 0.15) is 5.52 Å². The van der Waals surface area contributed by atoms with Gasteiger partial charge in [-0.25, -0.2) is 0 Å². The van der Waals surface area contributed by atoms with Crippen LogP contribution in [0.25, 0.3) is 11.1 Å². The first-order valence-electron chi connectivity index (χ1n) is 6.75. The number of oxazole rings is 1. The second kappa shape index (κ2) is 5.00. The topological polar surface area (TPSA) is 55.9 Å². The van der Waals surface area contributed by atoms with Gasteiger partial charge in [-0.05, 0) is 39.0 Å². The maximum atomic E-state index is 5.66. The fourth-order valence-corrected chi connectivity index (χ4v) is 2.31. The van der Waals surface area contributed by atoms with E-state index in [1.165, 1.54) is 0 Å². The molecule has 0 radical (unpaired) electrons. The summed E-state index contributed by atoms with van der Waals surface area (Å²) in [6.45, 7) is 6.93. The average molecular weight is 270 g/mol. The third-order valence-electron chi connectivity index (χ3n) is 3.21. The molecule has 0 aliphatic heterocycles. The Morgan fingerprint density at radius 3 is 2.80 bits per heavy atom. The number of aryl methyl sites for hydroxylation is 2. The van der Waals surface area contributed by atoms with E-state index < -0.39 is 0 Å². The number of hydrogen-bond donors (Lipinski definition) is 1. The molecule has 0 saturated heterocycles. The number of aromatic nitrogens is 3. The number of anilines is 1. The molecule has 5 heteroatoms. The van der Waals surface area contributed by atoms with Gasteiger partial charge in [-0.1, -0.05) is 12.1 Å². The van der Waals surface area contributed by atoms with Crippen LogP contribution in [0.5, 0.6) is 0 Å². The van der Waals surface area contributed by atoms with E-state index in [9.17, 15) is 0 Å². The van der Waals surface area contributed by atoms with Crippen LogP contribution in [-0.4, -0.2) is 20.8 Å². The predicted molar refractivity (Wildman–Crippen MR) is 78.8 cm³/mol. The number of fused-ring (bicyclic) bond motifs is 1. The van der Waals surface area contributed by atoms with Crippen LogP contribution in [0.4, 0.5) is 6.01 Å². The Bertz CT molecular complexity index is 695. The number of nitrogens with zero attached hydrogens (tertiary/aromatic N) is 3. The Morgan fingerprint density at radius 1 is 1.30 bits per heavy atom. The minimum atomic E-state index is 0.182. The van der Waals surface area contributed by atoms with Crippen LogP contribution in [0, 0.1) is 13.8 Å². The van der Waals surface area contributed by atoms with Crippen LogP contribution in [0.2, 0.25) is 0 Å². The SMILES string of the molecule is Cc1cc(C)n(C[C@@H](C)Nc2nc3ccccc3o2)n1. The summed E-state index contributed by atoms with van der Waals surface area (Å²) in [7, 11) is 0. The highest BCUT2D eigenvalue weighted by molar-refractivity contribution is 5.74. The molecular formula is C15H18N4O. The molecule has 0 saturated carbocycles. The summed E-state index contributed by atoms with van der Waals surface area (Å²) in [4.78, 5) is 4.41. The van der Waals surface area contributed by atoms with Crippen molar-refractivity contribution in [2.45, 2.75) is 33.4 Å². The lowest BCUT2D eigenvalue weighted by Crippen LogP contribution is -2.23. The van der Waals surface area contributed by atoms with Crippen molar-refractivity contribution in [3.05, 3.63) is 41.7 Å². The number of para-hydroxylation sites is 2. The molecule has 1 N–H and O–H groups in total. The molecular weight excluding hydrogens is 252 g/mol. The third kappa shape index (κ3) is 2.52. The van der Waals surface area contributed by atoms with E-state index in [4.69, 9.17) is 4.42 Å². The number of benzene rings is 1. The number of nitrogens with one attached hydrogen (secondary N) is 1. The normalized spacial score (nSPS) is 12.8. The predicted octanol–water partition coefficient (Wildman–Crippen LogP) is 3.14. The molecule has 20 heavy (non-hydrogen) atoms. The molecule has 0 bridgehead atoms. The molecule has 1 atom stereocenters. The standard InChI is InChI=1S/C15H18N4O/c1-10-8-12(3)19(18-10)9-11(2)16-15-17-13-6-4-5-7-14(13)20-15/h4-8,11H,9H2,1-3H3,(H,16,17)/t11-/m1/s1. The minimum Gasteiger partial charge on any atom is -0.424 e. The zero-order chi connectivity index (χ0) is 14.1. The molecule has 1 aromatic carbocycles. The minimum absolute atomic E-state index is 0.182. The van der Waals surface area contributed by atoms with Gasteiger partial charge >= 0.3 is 0 Å². The lowest BCUT2D eigenvalue weighted by Gasteiger charge is -2.13. The first-order chi connectivity index (χ1) is 9.61. The molecule has 0 fully saturated rings. The summed E-state index contributed by atoms with van der Waals surface area (Å²) in [6, 6.07) is 10.6. The highest BCUT2D eigenvalue weighted by atomic mass is 16.4. The van der Waals surface area contributed by atoms with Gasteiger partial charge in [-0.2, -0.15) is 10.1 Å². The first-order valence-corrected chi connectivity index (χ1v) is 6.75. The smallest absolute Gasteiger partial charge is 0.295 e. The summed E-state index contributed by atoms with van der Waals surface area (Å²) in [5.41, 5.74) is 3.87. The first kappa shape index (κ1) is 12.7. The Labute approximate surface area is 117 Å². The molecule has 0 spiro atoms. The molecule has 0 aliphatic carbocycles. The van der Waals surface area contributed by atoms with Crippen molar-refractivity contribution >= 4 is 17.1 Å². The summed E-state index contributed by atoms with van der Waals surface area (Å²) in [6.07, 6.45) is 0. The largest absolute Gasteiger partial charge is 0.424 e. The molecule has 3 rings (SSSR count). The fraction of sp³-hybridized carbons (Fsp3) is 0.333. The van der Waals surface area contributed by atoms with E-state index in [0.717, 1.165) is 29.0 Å². The highest BCUT2D eigenvalue weighted by Gasteiger charge is 2.10. The summed E-state index contributed by atoms with van der Waals surface area (Å²) in [5.74, 6) is 0. The van der Waals surface area contributed by atoms with Crippen molar-refractivity contribution in [1.82, 2.24) is 14.8 Å². The third-order valence-corrected chi connectivity index (χ3v) is 3.21. The Balaban J connectivity index is 1.72. The second-order valence-corrected chi connectivity index (χ2v) is 5.14. The maximum Gasteiger partial charge on any atom is 0.295 e. The monoisotopic (exact) mass is 270 g/mol. The van der Waals surface area contributed by atoms with Crippen LogP contribution >= 0.6 is 0 Å². The van der Waals surface area contributed by atoms with E-state index in [0.29, 0.717) is 6.01 Å². The number of rotatable bonds is 4. The Kier molecular flexibility index (Phi) is 3.18. The van der Waals surface area contributed by atoms with Crippen LogP contribution in [0.15, 0.2) is 34.7 Å². The van der Waals surface area contributed by atoms with Crippen molar-refractivity contribution in [3.63, 3.8) is 0 Å². The van der Waals surface area contributed by atoms with Gasteiger partial charge in [-0.15, -0.1) is 0 Å². The van der Waals surface area contributed by atoms with E-state index >= 15 is 0 Å². The summed E-state index contributed by atoms with van der Waals surface area (Å²) in [5, 5.41) is 7.74. The van der Waals surface area contributed by atoms with E-state index in [1.54, 1.807) is 0 Å². The van der Waals surface area contributed by atoms with Gasteiger partial charge in [0.2, 0.25) is 0 Å². The van der Waals surface area contributed by atoms with Crippen LogP contribution in [0.1, 0.15) is 18.3 Å². The second-order valence-electron chi connectivity index (χ2n) is 5.14. The lowest BCUT2D eigenvalue weighted by atomic mass is 10.3. The lowest BCUT2D eigenvalue weighted by molar-refractivity contribution is 0.525. The van der Waals surface area contributed by atoms with E-state index in [-0.39, 0.29) is 6.04 Å². The van der Waals surface area contributed by atoms with Gasteiger partial charge in [0.05, 0.1) is 12.2 Å². The van der Waals surface area contributed by atoms with E-state index in [2.05, 4.69) is 35.3 Å². The van der Waals surface area contributed by atoms with Crippen molar-refractivity contribution in [3.8, 4) is 0 Å². The molecule has 0 unspecified atom stereocenters. The van der Waals surface area contributed by atoms with Crippen molar-refractivity contribution in [1.29, 1.82) is 0 Å². The van der Waals surface area contributed by atoms with Gasteiger partial charge in [-0.3, -0.25) is 4.68 Å². The summed E-state index contributed by atoms with van der Waals surface area (Å²) < 4.78 is 7.66. The van der Waals surface area contributed by atoms with Crippen molar-refractivity contribution in [2.24, 2.45) is 0 Å². The van der Waals surface area contributed by atoms with Crippen LogP contribution in [0.3, 0.4) is 0 Å². The van der Waals surface area contributed by atoms with Gasteiger partial charge in [0.15, 0.2) is 5.58 Å².